The average Bonchev–Trinajstić information content (AvgIpc) is 2.33. The van der Waals surface area contributed by atoms with Gasteiger partial charge in [0.1, 0.15) is 12.4 Å². The number of carbonyl (C=O) groups is 1. The molecule has 0 fully saturated rings. The van der Waals surface area contributed by atoms with E-state index in [9.17, 15) is 4.79 Å². The molecular weight excluding hydrogens is 230 g/mol. The van der Waals surface area contributed by atoms with Crippen molar-refractivity contribution in [2.75, 3.05) is 6.61 Å². The monoisotopic (exact) mass is 249 g/mol. The molecule has 0 radical (unpaired) electrons. The lowest BCUT2D eigenvalue weighted by molar-refractivity contribution is -0.0590. The van der Waals surface area contributed by atoms with Gasteiger partial charge in [0.25, 0.3) is 5.91 Å². The molecule has 0 aromatic heterocycles. The number of para-hydroxylation sites is 1. The Morgan fingerprint density at radius 1 is 1.39 bits per heavy atom. The summed E-state index contributed by atoms with van der Waals surface area (Å²) in [5.41, 5.74) is 2.41. The zero-order valence-electron chi connectivity index (χ0n) is 11.0. The van der Waals surface area contributed by atoms with Crippen LogP contribution in [0, 0.1) is 0 Å². The number of nitrogens with one attached hydrogen (secondary N) is 1. The summed E-state index contributed by atoms with van der Waals surface area (Å²) in [5.74, 6) is 0.178. The van der Waals surface area contributed by atoms with Crippen LogP contribution < -0.4 is 10.2 Å². The highest BCUT2D eigenvalue weighted by Gasteiger charge is 2.16. The maximum Gasteiger partial charge on any atom is 0.278 e. The van der Waals surface area contributed by atoms with Gasteiger partial charge in [-0.3, -0.25) is 9.63 Å². The molecule has 0 saturated heterocycles. The standard InChI is InChI=1S/C14H19NO3/c1-5-10-17-12-9-7-6-8-11(12)13(16)15-18-14(2,3)4/h5-9H,1,10H2,2-4H3,(H,15,16). The first-order chi connectivity index (χ1) is 8.44. The molecule has 0 saturated carbocycles. The van der Waals surface area contributed by atoms with Crippen molar-refractivity contribution in [2.24, 2.45) is 0 Å². The summed E-state index contributed by atoms with van der Waals surface area (Å²) in [6.07, 6.45) is 1.63. The summed E-state index contributed by atoms with van der Waals surface area (Å²) in [5, 5.41) is 0. The molecule has 0 bridgehead atoms. The number of rotatable bonds is 5. The van der Waals surface area contributed by atoms with Gasteiger partial charge in [0.15, 0.2) is 0 Å². The summed E-state index contributed by atoms with van der Waals surface area (Å²) >= 11 is 0. The first-order valence-corrected chi connectivity index (χ1v) is 5.75. The van der Waals surface area contributed by atoms with E-state index in [1.54, 1.807) is 30.3 Å². The number of carbonyl (C=O) groups excluding carboxylic acids is 1. The lowest BCUT2D eigenvalue weighted by Gasteiger charge is -2.19. The SMILES string of the molecule is C=CCOc1ccccc1C(=O)NOC(C)(C)C. The number of ether oxygens (including phenoxy) is 1. The largest absolute Gasteiger partial charge is 0.489 e. The van der Waals surface area contributed by atoms with E-state index >= 15 is 0 Å². The van der Waals surface area contributed by atoms with E-state index in [0.29, 0.717) is 17.9 Å². The van der Waals surface area contributed by atoms with Crippen molar-refractivity contribution >= 4 is 5.91 Å². The van der Waals surface area contributed by atoms with Gasteiger partial charge in [-0.25, -0.2) is 5.48 Å². The van der Waals surface area contributed by atoms with Crippen LogP contribution in [0.2, 0.25) is 0 Å². The summed E-state index contributed by atoms with van der Waals surface area (Å²) in [6.45, 7) is 9.48. The van der Waals surface area contributed by atoms with Gasteiger partial charge in [-0.1, -0.05) is 24.8 Å². The highest BCUT2D eigenvalue weighted by Crippen LogP contribution is 2.18. The van der Waals surface area contributed by atoms with Crippen molar-refractivity contribution in [1.82, 2.24) is 5.48 Å². The van der Waals surface area contributed by atoms with Crippen molar-refractivity contribution in [2.45, 2.75) is 26.4 Å². The third-order valence-corrected chi connectivity index (χ3v) is 1.94. The number of hydrogen-bond donors (Lipinski definition) is 1. The van der Waals surface area contributed by atoms with Crippen LogP contribution in [0.25, 0.3) is 0 Å². The van der Waals surface area contributed by atoms with Crippen molar-refractivity contribution < 1.29 is 14.4 Å². The van der Waals surface area contributed by atoms with Gasteiger partial charge in [-0.15, -0.1) is 0 Å². The topological polar surface area (TPSA) is 47.6 Å². The van der Waals surface area contributed by atoms with Crippen LogP contribution in [0.1, 0.15) is 31.1 Å². The lowest BCUT2D eigenvalue weighted by atomic mass is 10.2. The highest BCUT2D eigenvalue weighted by molar-refractivity contribution is 5.96. The number of amides is 1. The van der Waals surface area contributed by atoms with Crippen LogP contribution in [0.15, 0.2) is 36.9 Å². The molecular formula is C14H19NO3. The fourth-order valence-electron chi connectivity index (χ4n) is 1.18. The number of benzene rings is 1. The second kappa shape index (κ2) is 6.21. The molecule has 98 valence electrons. The Labute approximate surface area is 108 Å². The second-order valence-corrected chi connectivity index (χ2v) is 4.74. The lowest BCUT2D eigenvalue weighted by Crippen LogP contribution is -2.33. The summed E-state index contributed by atoms with van der Waals surface area (Å²) in [4.78, 5) is 17.2. The predicted octanol–water partition coefficient (Wildman–Crippen LogP) is 2.71. The third-order valence-electron chi connectivity index (χ3n) is 1.94. The van der Waals surface area contributed by atoms with Gasteiger partial charge in [0.05, 0.1) is 11.2 Å². The smallest absolute Gasteiger partial charge is 0.278 e. The molecule has 1 rings (SSSR count). The van der Waals surface area contributed by atoms with Gasteiger partial charge < -0.3 is 4.74 Å². The molecule has 0 unspecified atom stereocenters. The van der Waals surface area contributed by atoms with Crippen molar-refractivity contribution in [1.29, 1.82) is 0 Å². The Kier molecular flexibility index (Phi) is 4.92. The molecule has 0 aliphatic rings. The van der Waals surface area contributed by atoms with Crippen molar-refractivity contribution in [3.8, 4) is 5.75 Å². The summed E-state index contributed by atoms with van der Waals surface area (Å²) in [7, 11) is 0. The molecule has 0 aliphatic heterocycles. The molecule has 0 atom stereocenters. The van der Waals surface area contributed by atoms with Crippen molar-refractivity contribution in [3.05, 3.63) is 42.5 Å². The fraction of sp³-hybridized carbons (Fsp3) is 0.357. The van der Waals surface area contributed by atoms with Crippen LogP contribution in [0.4, 0.5) is 0 Å². The van der Waals surface area contributed by atoms with E-state index < -0.39 is 5.60 Å². The van der Waals surface area contributed by atoms with Crippen LogP contribution in [0.3, 0.4) is 0 Å². The summed E-state index contributed by atoms with van der Waals surface area (Å²) in [6, 6.07) is 6.99. The van der Waals surface area contributed by atoms with E-state index in [0.717, 1.165) is 0 Å². The quantitative estimate of drug-likeness (QED) is 0.644. The van der Waals surface area contributed by atoms with Crippen LogP contribution >= 0.6 is 0 Å². The van der Waals surface area contributed by atoms with Gasteiger partial charge in [-0.2, -0.15) is 0 Å². The van der Waals surface area contributed by atoms with Crippen LogP contribution in [0.5, 0.6) is 5.75 Å². The zero-order valence-corrected chi connectivity index (χ0v) is 11.0. The second-order valence-electron chi connectivity index (χ2n) is 4.74. The molecule has 1 aromatic carbocycles. The zero-order chi connectivity index (χ0) is 13.6. The minimum absolute atomic E-state index is 0.329. The highest BCUT2D eigenvalue weighted by atomic mass is 16.7. The van der Waals surface area contributed by atoms with Crippen molar-refractivity contribution in [3.63, 3.8) is 0 Å². The summed E-state index contributed by atoms with van der Waals surface area (Å²) < 4.78 is 5.40. The molecule has 4 heteroatoms. The van der Waals surface area contributed by atoms with E-state index in [4.69, 9.17) is 9.57 Å². The maximum atomic E-state index is 11.9. The predicted molar refractivity (Wildman–Crippen MR) is 70.4 cm³/mol. The molecule has 0 heterocycles. The van der Waals surface area contributed by atoms with E-state index in [-0.39, 0.29) is 5.91 Å². The normalized spacial score (nSPS) is 10.8. The molecule has 4 nitrogen and oxygen atoms in total. The van der Waals surface area contributed by atoms with Gasteiger partial charge in [-0.05, 0) is 32.9 Å². The van der Waals surface area contributed by atoms with E-state index in [1.165, 1.54) is 0 Å². The Morgan fingerprint density at radius 2 is 2.06 bits per heavy atom. The fourth-order valence-corrected chi connectivity index (χ4v) is 1.18. The minimum atomic E-state index is -0.438. The molecule has 1 aromatic rings. The first kappa shape index (κ1) is 14.3. The Hall–Kier alpha value is -1.81. The average molecular weight is 249 g/mol. The van der Waals surface area contributed by atoms with Gasteiger partial charge in [0.2, 0.25) is 0 Å². The van der Waals surface area contributed by atoms with E-state index in [2.05, 4.69) is 12.1 Å². The third kappa shape index (κ3) is 4.59. The first-order valence-electron chi connectivity index (χ1n) is 5.75. The molecule has 1 amide bonds. The molecule has 1 N–H and O–H groups in total. The Bertz CT molecular complexity index is 421. The Morgan fingerprint density at radius 3 is 2.67 bits per heavy atom. The molecule has 0 spiro atoms. The van der Waals surface area contributed by atoms with Gasteiger partial charge >= 0.3 is 0 Å². The van der Waals surface area contributed by atoms with Crippen LogP contribution in [-0.2, 0) is 4.84 Å². The minimum Gasteiger partial charge on any atom is -0.489 e. The Balaban J connectivity index is 2.75. The molecule has 0 aliphatic carbocycles. The number of hydrogen-bond acceptors (Lipinski definition) is 3. The van der Waals surface area contributed by atoms with E-state index in [1.807, 2.05) is 20.8 Å². The number of hydroxylamine groups is 1. The van der Waals surface area contributed by atoms with Crippen LogP contribution in [-0.4, -0.2) is 18.1 Å². The van der Waals surface area contributed by atoms with Gasteiger partial charge in [0, 0.05) is 0 Å². The molecule has 18 heavy (non-hydrogen) atoms. The maximum absolute atomic E-state index is 11.9.